The van der Waals surface area contributed by atoms with Crippen LogP contribution in [0.2, 0.25) is 0 Å². The highest BCUT2D eigenvalue weighted by Crippen LogP contribution is 2.43. The third kappa shape index (κ3) is 5.00. The molecule has 0 aliphatic heterocycles. The molecule has 2 rings (SSSR count). The van der Waals surface area contributed by atoms with Crippen LogP contribution in [0.4, 0.5) is 8.78 Å². The van der Waals surface area contributed by atoms with Crippen molar-refractivity contribution >= 4 is 21.8 Å². The third-order valence-electron chi connectivity index (χ3n) is 4.68. The van der Waals surface area contributed by atoms with E-state index in [0.29, 0.717) is 11.1 Å². The van der Waals surface area contributed by atoms with Crippen LogP contribution in [0.25, 0.3) is 0 Å². The molecule has 2 N–H and O–H groups in total. The van der Waals surface area contributed by atoms with Gasteiger partial charge in [0.1, 0.15) is 0 Å². The monoisotopic (exact) mass is 388 g/mol. The van der Waals surface area contributed by atoms with Crippen LogP contribution in [0.5, 0.6) is 0 Å². The highest BCUT2D eigenvalue weighted by Gasteiger charge is 2.45. The van der Waals surface area contributed by atoms with E-state index in [9.17, 15) is 26.8 Å². The van der Waals surface area contributed by atoms with Gasteiger partial charge in [0, 0.05) is 30.9 Å². The van der Waals surface area contributed by atoms with E-state index in [1.54, 1.807) is 0 Å². The predicted molar refractivity (Wildman–Crippen MR) is 92.1 cm³/mol. The van der Waals surface area contributed by atoms with Crippen LogP contribution >= 0.6 is 0 Å². The van der Waals surface area contributed by atoms with Crippen LogP contribution in [0.3, 0.4) is 0 Å². The van der Waals surface area contributed by atoms with Gasteiger partial charge in [-0.2, -0.15) is 0 Å². The van der Waals surface area contributed by atoms with Crippen molar-refractivity contribution in [3.63, 3.8) is 0 Å². The Balaban J connectivity index is 2.02. The first-order valence-corrected chi connectivity index (χ1v) is 9.85. The van der Waals surface area contributed by atoms with E-state index < -0.39 is 45.9 Å². The number of nitrogens with one attached hydrogen (secondary N) is 2. The van der Waals surface area contributed by atoms with Crippen LogP contribution in [-0.2, 0) is 20.6 Å². The van der Waals surface area contributed by atoms with E-state index in [2.05, 4.69) is 5.32 Å². The second-order valence-corrected chi connectivity index (χ2v) is 8.61. The zero-order chi connectivity index (χ0) is 19.6. The Bertz CT molecular complexity index is 781. The zero-order valence-electron chi connectivity index (χ0n) is 14.6. The highest BCUT2D eigenvalue weighted by atomic mass is 32.2. The van der Waals surface area contributed by atoms with E-state index in [-0.39, 0.29) is 18.7 Å². The Morgan fingerprint density at radius 3 is 2.12 bits per heavy atom. The molecule has 1 aromatic carbocycles. The van der Waals surface area contributed by atoms with Crippen molar-refractivity contribution < 1.29 is 26.8 Å². The maximum Gasteiger partial charge on any atom is 0.251 e. The van der Waals surface area contributed by atoms with Crippen molar-refractivity contribution in [3.8, 4) is 0 Å². The summed E-state index contributed by atoms with van der Waals surface area (Å²) in [4.78, 5) is 23.8. The minimum absolute atomic E-state index is 0.0673. The smallest absolute Gasteiger partial charge is 0.251 e. The lowest BCUT2D eigenvalue weighted by Gasteiger charge is -2.35. The maximum atomic E-state index is 13.3. The number of carbonyl (C=O) groups excluding carboxylic acids is 2. The number of halogens is 2. The molecular formula is C17H22F2N2O4S. The van der Waals surface area contributed by atoms with Gasteiger partial charge in [0.05, 0.1) is 5.75 Å². The Labute approximate surface area is 151 Å². The fourth-order valence-corrected chi connectivity index (χ4v) is 4.04. The molecule has 0 atom stereocenters. The first kappa shape index (κ1) is 20.3. The van der Waals surface area contributed by atoms with Crippen LogP contribution in [0, 0.1) is 5.41 Å². The van der Waals surface area contributed by atoms with Gasteiger partial charge >= 0.3 is 0 Å². The summed E-state index contributed by atoms with van der Waals surface area (Å²) in [7, 11) is -2.49. The van der Waals surface area contributed by atoms with Gasteiger partial charge < -0.3 is 5.32 Å². The summed E-state index contributed by atoms with van der Waals surface area (Å²) in [5.41, 5.74) is -0.343. The van der Waals surface area contributed by atoms with E-state index in [1.165, 1.54) is 38.2 Å². The lowest BCUT2D eigenvalue weighted by molar-refractivity contribution is -0.135. The second-order valence-electron chi connectivity index (χ2n) is 6.88. The van der Waals surface area contributed by atoms with Crippen molar-refractivity contribution in [1.82, 2.24) is 10.0 Å². The Morgan fingerprint density at radius 2 is 1.62 bits per heavy atom. The molecule has 26 heavy (non-hydrogen) atoms. The van der Waals surface area contributed by atoms with Gasteiger partial charge in [-0.25, -0.2) is 17.2 Å². The molecule has 1 aromatic rings. The molecule has 1 saturated carbocycles. The van der Waals surface area contributed by atoms with E-state index >= 15 is 0 Å². The number of benzene rings is 1. The van der Waals surface area contributed by atoms with Crippen LogP contribution in [0.15, 0.2) is 24.3 Å². The molecule has 2 amide bonds. The molecule has 0 saturated heterocycles. The Morgan fingerprint density at radius 1 is 1.08 bits per heavy atom. The van der Waals surface area contributed by atoms with E-state index in [4.69, 9.17) is 0 Å². The summed E-state index contributed by atoms with van der Waals surface area (Å²) in [6, 6.07) is 5.93. The quantitative estimate of drug-likeness (QED) is 0.809. The van der Waals surface area contributed by atoms with Gasteiger partial charge in [-0.15, -0.1) is 0 Å². The average Bonchev–Trinajstić information content (AvgIpc) is 2.57. The standard InChI is InChI=1S/C17H22F2N2O4S/c1-16(7-9-17(18,19)10-8-16)15(23)21-26(24,25)11-12-3-5-13(6-4-12)14(22)20-2/h3-6H,7-11H2,1-2H3,(H,20,22)(H,21,23). The summed E-state index contributed by atoms with van der Waals surface area (Å²) >= 11 is 0. The minimum atomic E-state index is -3.98. The van der Waals surface area contributed by atoms with Crippen molar-refractivity contribution in [2.24, 2.45) is 5.41 Å². The molecule has 0 aromatic heterocycles. The Hall–Kier alpha value is -2.03. The summed E-state index contributed by atoms with van der Waals surface area (Å²) < 4.78 is 53.0. The minimum Gasteiger partial charge on any atom is -0.355 e. The van der Waals surface area contributed by atoms with Gasteiger partial charge in [0.15, 0.2) is 0 Å². The SMILES string of the molecule is CNC(=O)c1ccc(CS(=O)(=O)NC(=O)C2(C)CCC(F)(F)CC2)cc1. The van der Waals surface area contributed by atoms with Gasteiger partial charge in [0.25, 0.3) is 5.91 Å². The molecular weight excluding hydrogens is 366 g/mol. The van der Waals surface area contributed by atoms with Gasteiger partial charge in [0.2, 0.25) is 21.9 Å². The first-order valence-electron chi connectivity index (χ1n) is 8.20. The van der Waals surface area contributed by atoms with Crippen LogP contribution in [-0.4, -0.2) is 33.2 Å². The maximum absolute atomic E-state index is 13.3. The highest BCUT2D eigenvalue weighted by molar-refractivity contribution is 7.89. The molecule has 0 radical (unpaired) electrons. The Kier molecular flexibility index (Phi) is 5.70. The summed E-state index contributed by atoms with van der Waals surface area (Å²) in [6.45, 7) is 1.51. The molecule has 0 spiro atoms. The molecule has 0 bridgehead atoms. The number of amides is 2. The summed E-state index contributed by atoms with van der Waals surface area (Å²) in [5.74, 6) is -4.30. The normalized spacial score (nSPS) is 18.8. The van der Waals surface area contributed by atoms with Gasteiger partial charge in [-0.3, -0.25) is 14.3 Å². The summed E-state index contributed by atoms with van der Waals surface area (Å²) in [5, 5.41) is 2.45. The van der Waals surface area contributed by atoms with E-state index in [0.717, 1.165) is 0 Å². The molecule has 6 nitrogen and oxygen atoms in total. The lowest BCUT2D eigenvalue weighted by Crippen LogP contribution is -2.45. The topological polar surface area (TPSA) is 92.3 Å². The van der Waals surface area contributed by atoms with Crippen molar-refractivity contribution in [1.29, 1.82) is 0 Å². The zero-order valence-corrected chi connectivity index (χ0v) is 15.5. The van der Waals surface area contributed by atoms with Gasteiger partial charge in [-0.05, 0) is 30.5 Å². The van der Waals surface area contributed by atoms with Crippen molar-refractivity contribution in [2.45, 2.75) is 44.3 Å². The van der Waals surface area contributed by atoms with E-state index in [1.807, 2.05) is 4.72 Å². The first-order chi connectivity index (χ1) is 12.0. The predicted octanol–water partition coefficient (Wildman–Crippen LogP) is 2.21. The number of hydrogen-bond donors (Lipinski definition) is 2. The largest absolute Gasteiger partial charge is 0.355 e. The van der Waals surface area contributed by atoms with Crippen LogP contribution in [0.1, 0.15) is 48.5 Å². The fourth-order valence-electron chi connectivity index (χ4n) is 2.81. The van der Waals surface area contributed by atoms with Crippen molar-refractivity contribution in [3.05, 3.63) is 35.4 Å². The fraction of sp³-hybridized carbons (Fsp3) is 0.529. The number of rotatable bonds is 5. The second kappa shape index (κ2) is 7.30. The van der Waals surface area contributed by atoms with Crippen molar-refractivity contribution in [2.75, 3.05) is 7.05 Å². The molecule has 0 unspecified atom stereocenters. The van der Waals surface area contributed by atoms with Gasteiger partial charge in [-0.1, -0.05) is 19.1 Å². The van der Waals surface area contributed by atoms with Crippen LogP contribution < -0.4 is 10.0 Å². The number of alkyl halides is 2. The number of carbonyl (C=O) groups is 2. The molecule has 9 heteroatoms. The molecule has 1 aliphatic rings. The lowest BCUT2D eigenvalue weighted by atomic mass is 9.74. The third-order valence-corrected chi connectivity index (χ3v) is 5.89. The number of hydrogen-bond acceptors (Lipinski definition) is 4. The molecule has 1 aliphatic carbocycles. The molecule has 0 heterocycles. The average molecular weight is 388 g/mol. The number of sulfonamides is 1. The molecule has 1 fully saturated rings. The summed E-state index contributed by atoms with van der Waals surface area (Å²) in [6.07, 6.45) is -1.000. The molecule has 144 valence electrons.